The van der Waals surface area contributed by atoms with Gasteiger partial charge in [0, 0.05) is 31.1 Å². The summed E-state index contributed by atoms with van der Waals surface area (Å²) in [5.74, 6) is 0.604. The van der Waals surface area contributed by atoms with Crippen LogP contribution in [0, 0.1) is 5.92 Å². The van der Waals surface area contributed by atoms with E-state index >= 15 is 0 Å². The fourth-order valence-corrected chi connectivity index (χ4v) is 4.49. The molecular weight excluding hydrogens is 383 g/mol. The van der Waals surface area contributed by atoms with E-state index in [0.29, 0.717) is 34.5 Å². The number of rotatable bonds is 6. The van der Waals surface area contributed by atoms with E-state index in [1.807, 2.05) is 4.90 Å². The van der Waals surface area contributed by atoms with Crippen LogP contribution < -0.4 is 4.31 Å². The summed E-state index contributed by atoms with van der Waals surface area (Å²) in [4.78, 5) is 14.2. The molecule has 1 atom stereocenters. The zero-order valence-corrected chi connectivity index (χ0v) is 16.9. The fraction of sp³-hybridized carbons (Fsp3) is 0.588. The third kappa shape index (κ3) is 5.76. The first kappa shape index (κ1) is 20.3. The molecule has 0 aromatic heterocycles. The third-order valence-corrected chi connectivity index (χ3v) is 6.07. The number of amides is 1. The predicted molar refractivity (Wildman–Crippen MR) is 103 cm³/mol. The Morgan fingerprint density at radius 2 is 2.08 bits per heavy atom. The summed E-state index contributed by atoms with van der Waals surface area (Å²) in [6.45, 7) is 3.91. The maximum atomic E-state index is 12.3. The Balaban J connectivity index is 2.02. The van der Waals surface area contributed by atoms with E-state index in [0.717, 1.165) is 32.2 Å². The Morgan fingerprint density at radius 1 is 1.36 bits per heavy atom. The van der Waals surface area contributed by atoms with E-state index in [2.05, 4.69) is 6.92 Å². The molecule has 2 rings (SSSR count). The van der Waals surface area contributed by atoms with E-state index in [1.165, 1.54) is 10.4 Å². The summed E-state index contributed by atoms with van der Waals surface area (Å²) >= 11 is 12.1. The van der Waals surface area contributed by atoms with Crippen molar-refractivity contribution in [3.63, 3.8) is 0 Å². The molecule has 0 unspecified atom stereocenters. The summed E-state index contributed by atoms with van der Waals surface area (Å²) < 4.78 is 25.5. The SMILES string of the molecule is C[C@@H]1CCCN(C(=O)CCCN(c2cc(Cl)ccc2Cl)S(C)(=O)=O)C1. The van der Waals surface area contributed by atoms with E-state index in [1.54, 1.807) is 12.1 Å². The summed E-state index contributed by atoms with van der Waals surface area (Å²) in [7, 11) is -3.52. The zero-order chi connectivity index (χ0) is 18.6. The molecule has 8 heteroatoms. The minimum absolute atomic E-state index is 0.0807. The van der Waals surface area contributed by atoms with Crippen LogP contribution in [0.2, 0.25) is 10.0 Å². The van der Waals surface area contributed by atoms with Crippen molar-refractivity contribution in [2.24, 2.45) is 5.92 Å². The Kier molecular flexibility index (Phi) is 7.00. The van der Waals surface area contributed by atoms with E-state index in [-0.39, 0.29) is 12.5 Å². The second kappa shape index (κ2) is 8.60. The monoisotopic (exact) mass is 406 g/mol. The van der Waals surface area contributed by atoms with Crippen molar-refractivity contribution < 1.29 is 13.2 Å². The molecule has 140 valence electrons. The average molecular weight is 407 g/mol. The number of anilines is 1. The summed E-state index contributed by atoms with van der Waals surface area (Å²) in [5, 5.41) is 0.720. The highest BCUT2D eigenvalue weighted by Crippen LogP contribution is 2.31. The lowest BCUT2D eigenvalue weighted by Crippen LogP contribution is -2.39. The molecule has 0 N–H and O–H groups in total. The molecule has 0 aliphatic carbocycles. The van der Waals surface area contributed by atoms with Gasteiger partial charge in [0.2, 0.25) is 15.9 Å². The van der Waals surface area contributed by atoms with Gasteiger partial charge in [-0.05, 0) is 43.4 Å². The molecule has 1 aromatic rings. The second-order valence-corrected chi connectivity index (χ2v) is 9.37. The quantitative estimate of drug-likeness (QED) is 0.721. The van der Waals surface area contributed by atoms with Crippen molar-refractivity contribution in [1.82, 2.24) is 4.90 Å². The van der Waals surface area contributed by atoms with Crippen LogP contribution in [-0.4, -0.2) is 45.1 Å². The molecule has 1 amide bonds. The number of carbonyl (C=O) groups excluding carboxylic acids is 1. The van der Waals surface area contributed by atoms with Gasteiger partial charge in [0.05, 0.1) is 17.0 Å². The molecule has 5 nitrogen and oxygen atoms in total. The van der Waals surface area contributed by atoms with Gasteiger partial charge in [0.1, 0.15) is 0 Å². The Labute approximate surface area is 159 Å². The van der Waals surface area contributed by atoms with E-state index < -0.39 is 10.0 Å². The average Bonchev–Trinajstić information content (AvgIpc) is 2.53. The normalized spacial score (nSPS) is 18.2. The number of sulfonamides is 1. The summed E-state index contributed by atoms with van der Waals surface area (Å²) in [6, 6.07) is 4.70. The molecule has 0 saturated carbocycles. The van der Waals surface area contributed by atoms with Gasteiger partial charge in [-0.1, -0.05) is 30.1 Å². The van der Waals surface area contributed by atoms with Crippen LogP contribution >= 0.6 is 23.2 Å². The van der Waals surface area contributed by atoms with Crippen LogP contribution in [0.3, 0.4) is 0 Å². The van der Waals surface area contributed by atoms with Gasteiger partial charge in [0.15, 0.2) is 0 Å². The lowest BCUT2D eigenvalue weighted by molar-refractivity contribution is -0.132. The number of likely N-dealkylation sites (tertiary alicyclic amines) is 1. The van der Waals surface area contributed by atoms with Gasteiger partial charge >= 0.3 is 0 Å². The first-order valence-corrected chi connectivity index (χ1v) is 11.0. The van der Waals surface area contributed by atoms with Crippen LogP contribution in [0.5, 0.6) is 0 Å². The van der Waals surface area contributed by atoms with Crippen LogP contribution in [0.1, 0.15) is 32.6 Å². The van der Waals surface area contributed by atoms with Gasteiger partial charge in [0.25, 0.3) is 0 Å². The smallest absolute Gasteiger partial charge is 0.232 e. The van der Waals surface area contributed by atoms with Crippen LogP contribution in [-0.2, 0) is 14.8 Å². The standard InChI is InChI=1S/C17H24Cl2N2O3S/c1-13-5-3-9-20(12-13)17(22)6-4-10-21(25(2,23)24)16-11-14(18)7-8-15(16)19/h7-8,11,13H,3-6,9-10,12H2,1-2H3/t13-/m1/s1. The van der Waals surface area contributed by atoms with Crippen molar-refractivity contribution in [1.29, 1.82) is 0 Å². The van der Waals surface area contributed by atoms with Gasteiger partial charge in [-0.2, -0.15) is 0 Å². The highest BCUT2D eigenvalue weighted by molar-refractivity contribution is 7.92. The van der Waals surface area contributed by atoms with Crippen molar-refractivity contribution in [2.75, 3.05) is 30.2 Å². The number of carbonyl (C=O) groups is 1. The molecule has 0 spiro atoms. The Hall–Kier alpha value is -0.980. The zero-order valence-electron chi connectivity index (χ0n) is 14.5. The maximum Gasteiger partial charge on any atom is 0.232 e. The fourth-order valence-electron chi connectivity index (χ4n) is 3.09. The summed E-state index contributed by atoms with van der Waals surface area (Å²) in [5.41, 5.74) is 0.343. The lowest BCUT2D eigenvalue weighted by Gasteiger charge is -2.31. The lowest BCUT2D eigenvalue weighted by atomic mass is 10.00. The number of hydrogen-bond acceptors (Lipinski definition) is 3. The van der Waals surface area contributed by atoms with Crippen LogP contribution in [0.4, 0.5) is 5.69 Å². The molecule has 0 bridgehead atoms. The van der Waals surface area contributed by atoms with Gasteiger partial charge in [-0.15, -0.1) is 0 Å². The minimum Gasteiger partial charge on any atom is -0.342 e. The predicted octanol–water partition coefficient (Wildman–Crippen LogP) is 3.80. The molecule has 1 aromatic carbocycles. The van der Waals surface area contributed by atoms with Crippen LogP contribution in [0.25, 0.3) is 0 Å². The first-order valence-electron chi connectivity index (χ1n) is 8.39. The van der Waals surface area contributed by atoms with Gasteiger partial charge < -0.3 is 4.90 Å². The molecule has 25 heavy (non-hydrogen) atoms. The first-order chi connectivity index (χ1) is 11.7. The highest BCUT2D eigenvalue weighted by Gasteiger charge is 2.23. The molecule has 1 aliphatic heterocycles. The molecule has 1 heterocycles. The Bertz CT molecular complexity index is 725. The highest BCUT2D eigenvalue weighted by atomic mass is 35.5. The number of piperidine rings is 1. The van der Waals surface area contributed by atoms with E-state index in [9.17, 15) is 13.2 Å². The minimum atomic E-state index is -3.52. The molecular formula is C17H24Cl2N2O3S. The maximum absolute atomic E-state index is 12.3. The summed E-state index contributed by atoms with van der Waals surface area (Å²) in [6.07, 6.45) is 4.05. The van der Waals surface area contributed by atoms with Gasteiger partial charge in [-0.3, -0.25) is 9.10 Å². The van der Waals surface area contributed by atoms with Crippen molar-refractivity contribution in [3.05, 3.63) is 28.2 Å². The number of nitrogens with zero attached hydrogens (tertiary/aromatic N) is 2. The Morgan fingerprint density at radius 3 is 2.72 bits per heavy atom. The number of halogens is 2. The molecule has 1 aliphatic rings. The van der Waals surface area contributed by atoms with Crippen molar-refractivity contribution >= 4 is 44.8 Å². The molecule has 0 radical (unpaired) electrons. The topological polar surface area (TPSA) is 57.7 Å². The molecule has 1 fully saturated rings. The van der Waals surface area contributed by atoms with Crippen molar-refractivity contribution in [2.45, 2.75) is 32.6 Å². The van der Waals surface area contributed by atoms with Gasteiger partial charge in [-0.25, -0.2) is 8.42 Å². The number of hydrogen-bond donors (Lipinski definition) is 0. The number of benzene rings is 1. The van der Waals surface area contributed by atoms with Crippen LogP contribution in [0.15, 0.2) is 18.2 Å². The third-order valence-electron chi connectivity index (χ3n) is 4.34. The second-order valence-electron chi connectivity index (χ2n) is 6.62. The van der Waals surface area contributed by atoms with Crippen molar-refractivity contribution in [3.8, 4) is 0 Å². The van der Waals surface area contributed by atoms with E-state index in [4.69, 9.17) is 23.2 Å². The molecule has 1 saturated heterocycles. The largest absolute Gasteiger partial charge is 0.342 e.